The molecule has 0 saturated heterocycles. The molecule has 0 saturated carbocycles. The highest BCUT2D eigenvalue weighted by Gasteiger charge is 1.84. The molecule has 0 bridgehead atoms. The van der Waals surface area contributed by atoms with Gasteiger partial charge in [0.2, 0.25) is 0 Å². The van der Waals surface area contributed by atoms with Crippen molar-refractivity contribution >= 4 is 11.3 Å². The average Bonchev–Trinajstić information content (AvgIpc) is 2.36. The van der Waals surface area contributed by atoms with Crippen LogP contribution in [-0.4, -0.2) is 4.98 Å². The maximum atomic E-state index is 4.05. The van der Waals surface area contributed by atoms with Crippen LogP contribution < -0.4 is 0 Å². The number of thiazole rings is 1. The predicted octanol–water partition coefficient (Wildman–Crippen LogP) is 3.37. The summed E-state index contributed by atoms with van der Waals surface area (Å²) in [5.41, 5.74) is 3.06. The van der Waals surface area contributed by atoms with Crippen molar-refractivity contribution in [3.05, 3.63) is 16.6 Å². The van der Waals surface area contributed by atoms with E-state index in [1.807, 2.05) is 5.51 Å². The fourth-order valence-electron chi connectivity index (χ4n) is 0.412. The second-order valence-electron chi connectivity index (χ2n) is 3.07. The second kappa shape index (κ2) is 6.35. The Kier molecular flexibility index (Phi) is 6.13. The molecule has 11 heavy (non-hydrogen) atoms. The molecule has 0 N–H and O–H groups in total. The summed E-state index contributed by atoms with van der Waals surface area (Å²) in [6.45, 7) is 8.61. The third-order valence-corrected chi connectivity index (χ3v) is 1.48. The van der Waals surface area contributed by atoms with E-state index < -0.39 is 0 Å². The third kappa shape index (κ3) is 7.53. The van der Waals surface area contributed by atoms with E-state index >= 15 is 0 Å². The van der Waals surface area contributed by atoms with E-state index in [-0.39, 0.29) is 0 Å². The summed E-state index contributed by atoms with van der Waals surface area (Å²) < 4.78 is 0. The lowest BCUT2D eigenvalue weighted by molar-refractivity contribution is 0.737. The molecule has 0 unspecified atom stereocenters. The highest BCUT2D eigenvalue weighted by Crippen LogP contribution is 1.99. The summed E-state index contributed by atoms with van der Waals surface area (Å²) in [6.07, 6.45) is 1.06. The minimum Gasteiger partial charge on any atom is -0.250 e. The molecule has 0 aromatic carbocycles. The van der Waals surface area contributed by atoms with Gasteiger partial charge in [-0.15, -0.1) is 11.3 Å². The lowest BCUT2D eigenvalue weighted by Crippen LogP contribution is -1.73. The molecule has 1 nitrogen and oxygen atoms in total. The first-order chi connectivity index (χ1) is 5.16. The van der Waals surface area contributed by atoms with E-state index in [0.29, 0.717) is 0 Å². The molecule has 0 spiro atoms. The SMILES string of the molecule is CC(C)C.CCc1cscn1. The number of nitrogens with zero attached hydrogens (tertiary/aromatic N) is 1. The van der Waals surface area contributed by atoms with Crippen molar-refractivity contribution in [3.8, 4) is 0 Å². The summed E-state index contributed by atoms with van der Waals surface area (Å²) in [6, 6.07) is 0. The molecule has 0 amide bonds. The minimum atomic E-state index is 0.833. The molecule has 1 aromatic heterocycles. The van der Waals surface area contributed by atoms with Crippen LogP contribution >= 0.6 is 11.3 Å². The van der Waals surface area contributed by atoms with Crippen LogP contribution in [0.5, 0.6) is 0 Å². The van der Waals surface area contributed by atoms with Gasteiger partial charge in [0.25, 0.3) is 0 Å². The smallest absolute Gasteiger partial charge is 0.0794 e. The van der Waals surface area contributed by atoms with Gasteiger partial charge in [0.15, 0.2) is 0 Å². The van der Waals surface area contributed by atoms with Crippen molar-refractivity contribution in [3.63, 3.8) is 0 Å². The number of hydrogen-bond donors (Lipinski definition) is 0. The fourth-order valence-corrected chi connectivity index (χ4v) is 1.05. The quantitative estimate of drug-likeness (QED) is 0.631. The van der Waals surface area contributed by atoms with Crippen molar-refractivity contribution in [1.29, 1.82) is 0 Å². The van der Waals surface area contributed by atoms with Gasteiger partial charge < -0.3 is 0 Å². The molecule has 0 fully saturated rings. The van der Waals surface area contributed by atoms with Gasteiger partial charge >= 0.3 is 0 Å². The molecule has 0 aliphatic rings. The zero-order valence-electron chi connectivity index (χ0n) is 7.79. The fraction of sp³-hybridized carbons (Fsp3) is 0.667. The number of aryl methyl sites for hydroxylation is 1. The molecule has 2 heteroatoms. The minimum absolute atomic E-state index is 0.833. The van der Waals surface area contributed by atoms with E-state index in [9.17, 15) is 0 Å². The van der Waals surface area contributed by atoms with Crippen LogP contribution in [0.3, 0.4) is 0 Å². The zero-order chi connectivity index (χ0) is 8.69. The molecular weight excluding hydrogens is 154 g/mol. The normalized spacial score (nSPS) is 9.18. The first-order valence-electron chi connectivity index (χ1n) is 4.03. The summed E-state index contributed by atoms with van der Waals surface area (Å²) >= 11 is 1.65. The Morgan fingerprint density at radius 3 is 2.18 bits per heavy atom. The highest BCUT2D eigenvalue weighted by molar-refractivity contribution is 7.07. The summed E-state index contributed by atoms with van der Waals surface area (Å²) in [5, 5.41) is 2.07. The average molecular weight is 171 g/mol. The Hall–Kier alpha value is -0.370. The van der Waals surface area contributed by atoms with Gasteiger partial charge in [-0.25, -0.2) is 4.98 Å². The molecule has 1 heterocycles. The van der Waals surface area contributed by atoms with Crippen LogP contribution in [0.1, 0.15) is 33.4 Å². The van der Waals surface area contributed by atoms with Crippen molar-refractivity contribution < 1.29 is 0 Å². The Morgan fingerprint density at radius 1 is 1.45 bits per heavy atom. The first kappa shape index (κ1) is 10.6. The van der Waals surface area contributed by atoms with E-state index in [1.165, 1.54) is 5.69 Å². The highest BCUT2D eigenvalue weighted by atomic mass is 32.1. The van der Waals surface area contributed by atoms with Crippen molar-refractivity contribution in [2.24, 2.45) is 5.92 Å². The summed E-state index contributed by atoms with van der Waals surface area (Å²) in [5.74, 6) is 0.833. The van der Waals surface area contributed by atoms with Crippen molar-refractivity contribution in [1.82, 2.24) is 4.98 Å². The van der Waals surface area contributed by atoms with Gasteiger partial charge in [-0.2, -0.15) is 0 Å². The standard InChI is InChI=1S/C5H7NS.C4H10/c1-2-5-3-7-4-6-5;1-4(2)3/h3-4H,2H2,1H3;4H,1-3H3. The monoisotopic (exact) mass is 171 g/mol. The third-order valence-electron chi connectivity index (χ3n) is 0.846. The molecule has 0 aliphatic heterocycles. The van der Waals surface area contributed by atoms with E-state index in [0.717, 1.165) is 12.3 Å². The largest absolute Gasteiger partial charge is 0.250 e. The molecular formula is C9H17NS. The maximum absolute atomic E-state index is 4.05. The van der Waals surface area contributed by atoms with Crippen LogP contribution in [0.25, 0.3) is 0 Å². The van der Waals surface area contributed by atoms with Crippen LogP contribution in [0.4, 0.5) is 0 Å². The molecule has 64 valence electrons. The Labute approximate surface area is 73.5 Å². The number of aromatic nitrogens is 1. The topological polar surface area (TPSA) is 12.9 Å². The van der Waals surface area contributed by atoms with Gasteiger partial charge in [0.1, 0.15) is 0 Å². The first-order valence-corrected chi connectivity index (χ1v) is 4.98. The Morgan fingerprint density at radius 2 is 2.00 bits per heavy atom. The summed E-state index contributed by atoms with van der Waals surface area (Å²) in [7, 11) is 0. The molecule has 0 aliphatic carbocycles. The lowest BCUT2D eigenvalue weighted by atomic mass is 10.3. The Bertz CT molecular complexity index is 153. The van der Waals surface area contributed by atoms with Crippen LogP contribution in [0.15, 0.2) is 10.9 Å². The van der Waals surface area contributed by atoms with E-state index in [1.54, 1.807) is 11.3 Å². The predicted molar refractivity (Wildman–Crippen MR) is 52.0 cm³/mol. The molecule has 1 aromatic rings. The molecule has 1 rings (SSSR count). The number of hydrogen-bond acceptors (Lipinski definition) is 2. The van der Waals surface area contributed by atoms with Crippen molar-refractivity contribution in [2.45, 2.75) is 34.1 Å². The van der Waals surface area contributed by atoms with Crippen LogP contribution in [-0.2, 0) is 6.42 Å². The van der Waals surface area contributed by atoms with Gasteiger partial charge in [-0.3, -0.25) is 0 Å². The maximum Gasteiger partial charge on any atom is 0.0794 e. The van der Waals surface area contributed by atoms with Gasteiger partial charge in [0, 0.05) is 5.38 Å². The second-order valence-corrected chi connectivity index (χ2v) is 3.78. The number of rotatable bonds is 1. The van der Waals surface area contributed by atoms with E-state index in [4.69, 9.17) is 0 Å². The Balaban J connectivity index is 0.000000218. The zero-order valence-corrected chi connectivity index (χ0v) is 8.61. The van der Waals surface area contributed by atoms with Gasteiger partial charge in [-0.05, 0) is 12.3 Å². The van der Waals surface area contributed by atoms with E-state index in [2.05, 4.69) is 38.1 Å². The van der Waals surface area contributed by atoms with Gasteiger partial charge in [0.05, 0.1) is 11.2 Å². The van der Waals surface area contributed by atoms with Crippen molar-refractivity contribution in [2.75, 3.05) is 0 Å². The summed E-state index contributed by atoms with van der Waals surface area (Å²) in [4.78, 5) is 4.05. The lowest BCUT2D eigenvalue weighted by Gasteiger charge is -1.79. The van der Waals surface area contributed by atoms with Crippen LogP contribution in [0.2, 0.25) is 0 Å². The molecule has 0 atom stereocenters. The van der Waals surface area contributed by atoms with Gasteiger partial charge in [-0.1, -0.05) is 27.7 Å². The van der Waals surface area contributed by atoms with Crippen LogP contribution in [0, 0.1) is 5.92 Å². The molecule has 0 radical (unpaired) electrons.